The largest absolute Gasteiger partial charge is 0.354 e. The number of carbonyl (C=O) groups is 2. The van der Waals surface area contributed by atoms with Crippen molar-refractivity contribution in [3.8, 4) is 0 Å². The molecule has 1 aromatic carbocycles. The molecule has 2 amide bonds. The first-order valence-corrected chi connectivity index (χ1v) is 10.1. The lowest BCUT2D eigenvalue weighted by atomic mass is 9.97. The molecule has 0 spiro atoms. The van der Waals surface area contributed by atoms with Crippen molar-refractivity contribution in [2.45, 2.75) is 38.3 Å². The molecule has 6 heteroatoms. The summed E-state index contributed by atoms with van der Waals surface area (Å²) in [7, 11) is 3.55. The van der Waals surface area contributed by atoms with Crippen LogP contribution in [0.2, 0.25) is 0 Å². The van der Waals surface area contributed by atoms with Crippen molar-refractivity contribution in [3.63, 3.8) is 0 Å². The molecular formula is C21H32N4O2. The fraction of sp³-hybridized carbons (Fsp3) is 0.619. The Morgan fingerprint density at radius 1 is 1.26 bits per heavy atom. The normalized spacial score (nSPS) is 23.2. The SMILES string of the molecule is CN(C)C(=O)c1cccc(CN2CCCC(CNC(=O)C3CCCN3)C2)c1. The number of likely N-dealkylation sites (tertiary alicyclic amines) is 1. The van der Waals surface area contributed by atoms with E-state index in [4.69, 9.17) is 0 Å². The third kappa shape index (κ3) is 5.53. The van der Waals surface area contributed by atoms with E-state index in [2.05, 4.69) is 21.6 Å². The molecule has 0 aromatic heterocycles. The van der Waals surface area contributed by atoms with Crippen molar-refractivity contribution in [2.75, 3.05) is 40.3 Å². The summed E-state index contributed by atoms with van der Waals surface area (Å²) in [5, 5.41) is 6.39. The van der Waals surface area contributed by atoms with Crippen LogP contribution in [0.4, 0.5) is 0 Å². The molecule has 2 aliphatic rings. The van der Waals surface area contributed by atoms with E-state index in [9.17, 15) is 9.59 Å². The van der Waals surface area contributed by atoms with Crippen LogP contribution >= 0.6 is 0 Å². The Morgan fingerprint density at radius 3 is 2.85 bits per heavy atom. The van der Waals surface area contributed by atoms with Crippen LogP contribution < -0.4 is 10.6 Å². The maximum Gasteiger partial charge on any atom is 0.253 e. The number of rotatable bonds is 6. The summed E-state index contributed by atoms with van der Waals surface area (Å²) in [6, 6.07) is 7.92. The minimum atomic E-state index is 0.00154. The van der Waals surface area contributed by atoms with Crippen LogP contribution in [0.25, 0.3) is 0 Å². The Hall–Kier alpha value is -1.92. The standard InChI is InChI=1S/C21H32N4O2/c1-24(2)21(27)18-8-3-6-16(12-18)14-25-11-5-7-17(15-25)13-23-20(26)19-9-4-10-22-19/h3,6,8,12,17,19,22H,4-5,7,9-11,13-15H2,1-2H3,(H,23,26). The Kier molecular flexibility index (Phi) is 6.85. The second-order valence-corrected chi connectivity index (χ2v) is 8.04. The highest BCUT2D eigenvalue weighted by molar-refractivity contribution is 5.94. The molecule has 2 atom stereocenters. The molecule has 0 radical (unpaired) electrons. The third-order valence-electron chi connectivity index (χ3n) is 5.53. The molecule has 2 N–H and O–H groups in total. The van der Waals surface area contributed by atoms with Gasteiger partial charge in [0.2, 0.25) is 5.91 Å². The highest BCUT2D eigenvalue weighted by Gasteiger charge is 2.24. The number of nitrogens with zero attached hydrogens (tertiary/aromatic N) is 2. The average molecular weight is 373 g/mol. The molecule has 2 heterocycles. The van der Waals surface area contributed by atoms with Gasteiger partial charge in [-0.1, -0.05) is 12.1 Å². The topological polar surface area (TPSA) is 64.7 Å². The first-order valence-electron chi connectivity index (χ1n) is 10.1. The molecule has 2 unspecified atom stereocenters. The number of benzene rings is 1. The number of nitrogens with one attached hydrogen (secondary N) is 2. The van der Waals surface area contributed by atoms with E-state index in [0.29, 0.717) is 5.92 Å². The van der Waals surface area contributed by atoms with E-state index in [0.717, 1.165) is 64.0 Å². The summed E-state index contributed by atoms with van der Waals surface area (Å²) < 4.78 is 0. The van der Waals surface area contributed by atoms with Gasteiger partial charge in [0.25, 0.3) is 5.91 Å². The molecular weight excluding hydrogens is 340 g/mol. The van der Waals surface area contributed by atoms with Gasteiger partial charge in [0, 0.05) is 39.3 Å². The summed E-state index contributed by atoms with van der Waals surface area (Å²) in [5.41, 5.74) is 1.91. The summed E-state index contributed by atoms with van der Waals surface area (Å²) in [6.45, 7) is 4.62. The molecule has 2 saturated heterocycles. The first kappa shape index (κ1) is 19.8. The minimum absolute atomic E-state index is 0.00154. The van der Waals surface area contributed by atoms with Gasteiger partial charge < -0.3 is 15.5 Å². The average Bonchev–Trinajstić information content (AvgIpc) is 3.21. The van der Waals surface area contributed by atoms with Gasteiger partial charge in [-0.3, -0.25) is 14.5 Å². The Balaban J connectivity index is 1.50. The van der Waals surface area contributed by atoms with Crippen molar-refractivity contribution in [1.82, 2.24) is 20.4 Å². The molecule has 2 fully saturated rings. The third-order valence-corrected chi connectivity index (χ3v) is 5.53. The van der Waals surface area contributed by atoms with Gasteiger partial charge in [-0.05, 0) is 62.4 Å². The zero-order chi connectivity index (χ0) is 19.2. The van der Waals surface area contributed by atoms with Crippen molar-refractivity contribution < 1.29 is 9.59 Å². The Labute approximate surface area is 162 Å². The second-order valence-electron chi connectivity index (χ2n) is 8.04. The zero-order valence-corrected chi connectivity index (χ0v) is 16.5. The molecule has 1 aromatic rings. The van der Waals surface area contributed by atoms with E-state index in [1.54, 1.807) is 19.0 Å². The minimum Gasteiger partial charge on any atom is -0.354 e. The van der Waals surface area contributed by atoms with Gasteiger partial charge in [0.15, 0.2) is 0 Å². The molecule has 2 aliphatic heterocycles. The number of piperidine rings is 1. The smallest absolute Gasteiger partial charge is 0.253 e. The number of carbonyl (C=O) groups excluding carboxylic acids is 2. The molecule has 148 valence electrons. The van der Waals surface area contributed by atoms with Crippen molar-refractivity contribution in [1.29, 1.82) is 0 Å². The van der Waals surface area contributed by atoms with E-state index >= 15 is 0 Å². The van der Waals surface area contributed by atoms with Gasteiger partial charge in [0.05, 0.1) is 6.04 Å². The summed E-state index contributed by atoms with van der Waals surface area (Å²) in [6.07, 6.45) is 4.35. The highest BCUT2D eigenvalue weighted by Crippen LogP contribution is 2.19. The monoisotopic (exact) mass is 372 g/mol. The van der Waals surface area contributed by atoms with Crippen LogP contribution in [0, 0.1) is 5.92 Å². The van der Waals surface area contributed by atoms with Crippen LogP contribution in [0.1, 0.15) is 41.6 Å². The molecule has 0 aliphatic carbocycles. The summed E-state index contributed by atoms with van der Waals surface area (Å²) in [4.78, 5) is 28.4. The maximum absolute atomic E-state index is 12.2. The highest BCUT2D eigenvalue weighted by atomic mass is 16.2. The number of hydrogen-bond donors (Lipinski definition) is 2. The van der Waals surface area contributed by atoms with Gasteiger partial charge in [-0.2, -0.15) is 0 Å². The van der Waals surface area contributed by atoms with Crippen LogP contribution in [0.15, 0.2) is 24.3 Å². The predicted molar refractivity (Wildman–Crippen MR) is 106 cm³/mol. The molecule has 0 saturated carbocycles. The van der Waals surface area contributed by atoms with E-state index in [1.807, 2.05) is 18.2 Å². The Bertz CT molecular complexity index is 655. The second kappa shape index (κ2) is 9.33. The van der Waals surface area contributed by atoms with Crippen LogP contribution in [-0.4, -0.2) is 67.9 Å². The van der Waals surface area contributed by atoms with Crippen LogP contribution in [-0.2, 0) is 11.3 Å². The lowest BCUT2D eigenvalue weighted by Gasteiger charge is -2.33. The molecule has 27 heavy (non-hydrogen) atoms. The zero-order valence-electron chi connectivity index (χ0n) is 16.5. The molecule has 6 nitrogen and oxygen atoms in total. The predicted octanol–water partition coefficient (Wildman–Crippen LogP) is 1.47. The fourth-order valence-corrected chi connectivity index (χ4v) is 4.06. The van der Waals surface area contributed by atoms with Crippen LogP contribution in [0.5, 0.6) is 0 Å². The molecule has 0 bridgehead atoms. The van der Waals surface area contributed by atoms with E-state index in [1.165, 1.54) is 5.56 Å². The summed E-state index contributed by atoms with van der Waals surface area (Å²) in [5.74, 6) is 0.687. The Morgan fingerprint density at radius 2 is 2.11 bits per heavy atom. The van der Waals surface area contributed by atoms with Gasteiger partial charge >= 0.3 is 0 Å². The first-order chi connectivity index (χ1) is 13.0. The van der Waals surface area contributed by atoms with Crippen molar-refractivity contribution in [3.05, 3.63) is 35.4 Å². The van der Waals surface area contributed by atoms with Crippen molar-refractivity contribution >= 4 is 11.8 Å². The number of amides is 2. The quantitative estimate of drug-likeness (QED) is 0.794. The van der Waals surface area contributed by atoms with Gasteiger partial charge in [-0.15, -0.1) is 0 Å². The number of hydrogen-bond acceptors (Lipinski definition) is 4. The maximum atomic E-state index is 12.2. The fourth-order valence-electron chi connectivity index (χ4n) is 4.06. The van der Waals surface area contributed by atoms with Gasteiger partial charge in [0.1, 0.15) is 0 Å². The van der Waals surface area contributed by atoms with Crippen LogP contribution in [0.3, 0.4) is 0 Å². The lowest BCUT2D eigenvalue weighted by Crippen LogP contribution is -2.45. The molecule has 3 rings (SSSR count). The van der Waals surface area contributed by atoms with Gasteiger partial charge in [-0.25, -0.2) is 0 Å². The van der Waals surface area contributed by atoms with E-state index < -0.39 is 0 Å². The summed E-state index contributed by atoms with van der Waals surface area (Å²) >= 11 is 0. The van der Waals surface area contributed by atoms with E-state index in [-0.39, 0.29) is 17.9 Å². The van der Waals surface area contributed by atoms with Crippen molar-refractivity contribution in [2.24, 2.45) is 5.92 Å². The lowest BCUT2D eigenvalue weighted by molar-refractivity contribution is -0.123.